The van der Waals surface area contributed by atoms with Gasteiger partial charge in [0.15, 0.2) is 0 Å². The van der Waals surface area contributed by atoms with E-state index >= 15 is 0 Å². The van der Waals surface area contributed by atoms with Gasteiger partial charge >= 0.3 is 124 Å². The van der Waals surface area contributed by atoms with Crippen molar-refractivity contribution in [3.63, 3.8) is 0 Å². The summed E-state index contributed by atoms with van der Waals surface area (Å²) in [6.07, 6.45) is 9.48. The van der Waals surface area contributed by atoms with Gasteiger partial charge in [0.2, 0.25) is 0 Å². The van der Waals surface area contributed by atoms with Crippen molar-refractivity contribution in [2.24, 2.45) is 0 Å². The minimum absolute atomic E-state index is 0.342. The van der Waals surface area contributed by atoms with Gasteiger partial charge in [-0.25, -0.2) is 0 Å². The Kier molecular flexibility index (Phi) is 5.16. The van der Waals surface area contributed by atoms with Gasteiger partial charge in [0.25, 0.3) is 0 Å². The van der Waals surface area contributed by atoms with Crippen LogP contribution in [-0.2, 0) is 15.9 Å². The average Bonchev–Trinajstić information content (AvgIpc) is 3.10. The van der Waals surface area contributed by atoms with Crippen molar-refractivity contribution in [2.45, 2.75) is 45.4 Å². The van der Waals surface area contributed by atoms with Crippen LogP contribution < -0.4 is 5.46 Å². The molecule has 0 atom stereocenters. The first-order valence-electron chi connectivity index (χ1n) is 8.68. The van der Waals surface area contributed by atoms with Gasteiger partial charge in [-0.2, -0.15) is 0 Å². The third kappa shape index (κ3) is 3.86. The van der Waals surface area contributed by atoms with Crippen LogP contribution in [0.25, 0.3) is 0 Å². The van der Waals surface area contributed by atoms with E-state index in [1.165, 1.54) is 0 Å². The van der Waals surface area contributed by atoms with Crippen molar-refractivity contribution < 1.29 is 9.31 Å². The first kappa shape index (κ1) is 18.7. The molecular weight excluding hydrogens is 334 g/mol. The number of rotatable bonds is 4. The third-order valence-electron chi connectivity index (χ3n) is 5.39. The molecule has 3 heterocycles. The summed E-state index contributed by atoms with van der Waals surface area (Å²) in [7, 11) is 0.476. The summed E-state index contributed by atoms with van der Waals surface area (Å²) in [6, 6.07) is 0. The topological polar surface area (TPSA) is 42.8 Å². The summed E-state index contributed by atoms with van der Waals surface area (Å²) in [6.45, 7) is 17.0. The molecule has 0 N–H and O–H groups in total. The quantitative estimate of drug-likeness (QED) is 0.604. The van der Waals surface area contributed by atoms with Crippen LogP contribution in [0.5, 0.6) is 0 Å². The number of allylic oxidation sites excluding steroid dienone is 1. The van der Waals surface area contributed by atoms with Crippen LogP contribution in [0.1, 0.15) is 27.7 Å². The Morgan fingerprint density at radius 2 is 1.84 bits per heavy atom. The molecule has 0 aliphatic carbocycles. The molecule has 1 aromatic rings. The predicted molar refractivity (Wildman–Crippen MR) is 102 cm³/mol. The Balaban J connectivity index is 1.59. The van der Waals surface area contributed by atoms with Gasteiger partial charge in [0.05, 0.1) is 0 Å². The van der Waals surface area contributed by atoms with Gasteiger partial charge in [-0.05, 0) is 27.7 Å². The number of nitrogens with zero attached hydrogens (tertiary/aromatic N) is 4. The van der Waals surface area contributed by atoms with E-state index in [1.54, 1.807) is 0 Å². The van der Waals surface area contributed by atoms with Gasteiger partial charge in [-0.15, -0.1) is 0 Å². The molecule has 0 aromatic carbocycles. The van der Waals surface area contributed by atoms with E-state index in [1.807, 2.05) is 17.1 Å². The fraction of sp³-hybridized carbons (Fsp3) is 0.647. The molecule has 134 valence electrons. The summed E-state index contributed by atoms with van der Waals surface area (Å²) in [5.41, 5.74) is 1.33. The molecular formula is C17H27BN4O2P+. The second-order valence-corrected chi connectivity index (χ2v) is 8.48. The van der Waals surface area contributed by atoms with E-state index < -0.39 is 0 Å². The standard InChI is InChI=1S/C17H27BN4O2P/c1-14(20-7-9-22(25-6)10-8-20)12-21-13-15(11-19-21)18-23-16(2,3)17(4,5)24-18/h6,11,13H,1,7-10,12H2,2-5H3/q+1. The van der Waals surface area contributed by atoms with Crippen LogP contribution in [0.15, 0.2) is 24.7 Å². The van der Waals surface area contributed by atoms with Gasteiger partial charge in [-0.3, -0.25) is 0 Å². The Morgan fingerprint density at radius 3 is 2.40 bits per heavy atom. The van der Waals surface area contributed by atoms with Crippen molar-refractivity contribution in [1.82, 2.24) is 19.4 Å². The van der Waals surface area contributed by atoms with E-state index in [2.05, 4.69) is 48.9 Å². The summed E-state index contributed by atoms with van der Waals surface area (Å²) < 4.78 is 16.3. The molecule has 3 rings (SSSR count). The van der Waals surface area contributed by atoms with Crippen molar-refractivity contribution in [1.29, 1.82) is 0 Å². The van der Waals surface area contributed by atoms with Crippen molar-refractivity contribution >= 4 is 20.8 Å². The molecule has 0 radical (unpaired) electrons. The van der Waals surface area contributed by atoms with Crippen LogP contribution >= 0.6 is 8.19 Å². The summed E-state index contributed by atoms with van der Waals surface area (Å²) >= 11 is 0. The summed E-state index contributed by atoms with van der Waals surface area (Å²) in [4.78, 5) is 2.30. The van der Waals surface area contributed by atoms with Gasteiger partial charge < -0.3 is 0 Å². The van der Waals surface area contributed by atoms with E-state index in [0.717, 1.165) is 45.5 Å². The van der Waals surface area contributed by atoms with Crippen LogP contribution in [0, 0.1) is 6.13 Å². The summed E-state index contributed by atoms with van der Waals surface area (Å²) in [5, 5.41) is 4.46. The molecule has 2 fully saturated rings. The molecule has 25 heavy (non-hydrogen) atoms. The first-order valence-corrected chi connectivity index (χ1v) is 9.60. The second-order valence-electron chi connectivity index (χ2n) is 7.68. The molecule has 0 spiro atoms. The Bertz CT molecular complexity index is 673. The molecule has 2 saturated heterocycles. The Hall–Kier alpha value is -1.10. The van der Waals surface area contributed by atoms with E-state index in [0.29, 0.717) is 6.54 Å². The van der Waals surface area contributed by atoms with Gasteiger partial charge in [0.1, 0.15) is 0 Å². The molecule has 0 bridgehead atoms. The average molecular weight is 361 g/mol. The zero-order valence-electron chi connectivity index (χ0n) is 15.6. The Morgan fingerprint density at radius 1 is 1.24 bits per heavy atom. The monoisotopic (exact) mass is 361 g/mol. The number of hydrogen-bond donors (Lipinski definition) is 0. The fourth-order valence-corrected chi connectivity index (χ4v) is 3.39. The van der Waals surface area contributed by atoms with E-state index in [4.69, 9.17) is 15.4 Å². The minimum atomic E-state index is -0.376. The maximum absolute atomic E-state index is 6.08. The Labute approximate surface area is 152 Å². The molecule has 0 saturated carbocycles. The van der Waals surface area contributed by atoms with Crippen LogP contribution in [0.3, 0.4) is 0 Å². The van der Waals surface area contributed by atoms with Crippen molar-refractivity contribution in [3.8, 4) is 6.13 Å². The number of aromatic nitrogens is 2. The van der Waals surface area contributed by atoms with Gasteiger partial charge in [-0.1, -0.05) is 0 Å². The molecule has 2 aliphatic rings. The molecule has 0 amide bonds. The predicted octanol–water partition coefficient (Wildman–Crippen LogP) is 1.76. The summed E-state index contributed by atoms with van der Waals surface area (Å²) in [5.74, 6) is 0. The van der Waals surface area contributed by atoms with Crippen molar-refractivity contribution in [2.75, 3.05) is 26.2 Å². The molecule has 0 unspecified atom stereocenters. The molecule has 1 aromatic heterocycles. The van der Waals surface area contributed by atoms with Crippen LogP contribution in [-0.4, -0.2) is 63.9 Å². The van der Waals surface area contributed by atoms with E-state index in [9.17, 15) is 0 Å². The third-order valence-corrected chi connectivity index (χ3v) is 6.12. The molecule has 8 heteroatoms. The first-order chi connectivity index (χ1) is 11.7. The molecule has 6 nitrogen and oxygen atoms in total. The van der Waals surface area contributed by atoms with E-state index in [-0.39, 0.29) is 18.3 Å². The fourth-order valence-electron chi connectivity index (χ4n) is 2.98. The zero-order valence-corrected chi connectivity index (χ0v) is 16.5. The number of hydrogen-bond acceptors (Lipinski definition) is 5. The zero-order chi connectivity index (χ0) is 18.2. The van der Waals surface area contributed by atoms with Gasteiger partial charge in [0, 0.05) is 0 Å². The number of piperazine rings is 1. The van der Waals surface area contributed by atoms with Crippen LogP contribution in [0.4, 0.5) is 0 Å². The van der Waals surface area contributed by atoms with Crippen molar-refractivity contribution in [3.05, 3.63) is 24.7 Å². The normalized spacial score (nSPS) is 23.0. The SMILES string of the molecule is C#[P+]N1CCN(C(=C)Cn2cc(B3OC(C)(C)C(C)(C)O3)cn2)CC1. The molecule has 2 aliphatic heterocycles. The second kappa shape index (κ2) is 6.90. The van der Waals surface area contributed by atoms with Crippen LogP contribution in [0.2, 0.25) is 0 Å². The maximum atomic E-state index is 6.08.